The van der Waals surface area contributed by atoms with Gasteiger partial charge in [-0.25, -0.2) is 13.6 Å². The number of nitrogens with zero attached hydrogens (tertiary/aromatic N) is 1. The molecule has 0 saturated heterocycles. The maximum absolute atomic E-state index is 10.6. The Balaban J connectivity index is 4.26. The van der Waals surface area contributed by atoms with Gasteiger partial charge in [-0.1, -0.05) is 6.92 Å². The fraction of sp³-hybridized carbons (Fsp3) is 0.800. The summed E-state index contributed by atoms with van der Waals surface area (Å²) in [6.07, 6.45) is 0.377. The van der Waals surface area contributed by atoms with E-state index < -0.39 is 15.3 Å². The Bertz CT molecular complexity index is 227. The molecule has 10 heavy (non-hydrogen) atoms. The lowest BCUT2D eigenvalue weighted by Gasteiger charge is -2.05. The highest BCUT2D eigenvalue weighted by Gasteiger charge is 2.17. The minimum absolute atomic E-state index is 0.0185. The van der Waals surface area contributed by atoms with Crippen LogP contribution in [0.4, 0.5) is 0 Å². The third-order valence-electron chi connectivity index (χ3n) is 1.24. The van der Waals surface area contributed by atoms with Gasteiger partial charge in [0, 0.05) is 0 Å². The van der Waals surface area contributed by atoms with Crippen LogP contribution < -0.4 is 5.14 Å². The van der Waals surface area contributed by atoms with E-state index >= 15 is 0 Å². The fourth-order valence-corrected chi connectivity index (χ4v) is 1.37. The molecule has 5 heteroatoms. The molecule has 0 aromatic rings. The van der Waals surface area contributed by atoms with E-state index in [4.69, 9.17) is 10.4 Å². The lowest BCUT2D eigenvalue weighted by molar-refractivity contribution is 0.578. The highest BCUT2D eigenvalue weighted by molar-refractivity contribution is 7.89. The van der Waals surface area contributed by atoms with Crippen molar-refractivity contribution in [3.63, 3.8) is 0 Å². The number of primary sulfonamides is 1. The van der Waals surface area contributed by atoms with Crippen LogP contribution in [0.3, 0.4) is 0 Å². The molecule has 0 aromatic heterocycles. The fourth-order valence-electron chi connectivity index (χ4n) is 0.595. The predicted octanol–water partition coefficient (Wildman–Crippen LogP) is -0.0328. The van der Waals surface area contributed by atoms with Crippen LogP contribution in [-0.2, 0) is 10.0 Å². The number of nitriles is 1. The van der Waals surface area contributed by atoms with E-state index in [2.05, 4.69) is 0 Å². The molecule has 0 rings (SSSR count). The molecule has 0 aliphatic heterocycles. The Hall–Kier alpha value is -0.600. The molecule has 0 fully saturated rings. The molecule has 0 heterocycles. The van der Waals surface area contributed by atoms with E-state index in [1.165, 1.54) is 0 Å². The zero-order chi connectivity index (χ0) is 8.20. The molecule has 0 aliphatic carbocycles. The third-order valence-corrected chi connectivity index (χ3v) is 2.67. The maximum Gasteiger partial charge on any atom is 0.212 e. The van der Waals surface area contributed by atoms with Gasteiger partial charge in [0.1, 0.15) is 0 Å². The van der Waals surface area contributed by atoms with Crippen LogP contribution in [0.5, 0.6) is 0 Å². The lowest BCUT2D eigenvalue weighted by Crippen LogP contribution is -2.27. The second-order valence-corrected chi connectivity index (χ2v) is 3.83. The van der Waals surface area contributed by atoms with Gasteiger partial charge in [-0.2, -0.15) is 5.26 Å². The molecule has 0 bridgehead atoms. The van der Waals surface area contributed by atoms with Crippen molar-refractivity contribution in [2.24, 2.45) is 5.14 Å². The highest BCUT2D eigenvalue weighted by atomic mass is 32.2. The summed E-state index contributed by atoms with van der Waals surface area (Å²) in [5.74, 6) is 0. The average molecular weight is 162 g/mol. The van der Waals surface area contributed by atoms with E-state index in [-0.39, 0.29) is 6.42 Å². The first-order chi connectivity index (χ1) is 4.52. The maximum atomic E-state index is 10.6. The number of hydrogen-bond donors (Lipinski definition) is 1. The topological polar surface area (TPSA) is 83.9 Å². The molecule has 0 radical (unpaired) electrons. The van der Waals surface area contributed by atoms with E-state index in [9.17, 15) is 8.42 Å². The molecule has 0 spiro atoms. The summed E-state index contributed by atoms with van der Waals surface area (Å²) >= 11 is 0. The summed E-state index contributed by atoms with van der Waals surface area (Å²) in [5.41, 5.74) is 0. The van der Waals surface area contributed by atoms with Gasteiger partial charge >= 0.3 is 0 Å². The number of sulfonamides is 1. The Kier molecular flexibility index (Phi) is 3.33. The number of nitrogens with two attached hydrogens (primary N) is 1. The summed E-state index contributed by atoms with van der Waals surface area (Å²) in [7, 11) is -3.50. The quantitative estimate of drug-likeness (QED) is 0.632. The minimum Gasteiger partial charge on any atom is -0.228 e. The van der Waals surface area contributed by atoms with Gasteiger partial charge < -0.3 is 0 Å². The molecule has 1 unspecified atom stereocenters. The molecular weight excluding hydrogens is 152 g/mol. The summed E-state index contributed by atoms with van der Waals surface area (Å²) in [6.45, 7) is 1.69. The first-order valence-corrected chi connectivity index (χ1v) is 4.51. The van der Waals surface area contributed by atoms with Crippen molar-refractivity contribution in [3.05, 3.63) is 0 Å². The Morgan fingerprint density at radius 1 is 1.70 bits per heavy atom. The van der Waals surface area contributed by atoms with Crippen LogP contribution in [0.25, 0.3) is 0 Å². The van der Waals surface area contributed by atoms with Gasteiger partial charge in [-0.3, -0.25) is 0 Å². The second kappa shape index (κ2) is 3.54. The van der Waals surface area contributed by atoms with Crippen LogP contribution in [0.2, 0.25) is 0 Å². The monoisotopic (exact) mass is 162 g/mol. The predicted molar refractivity (Wildman–Crippen MR) is 37.4 cm³/mol. The minimum atomic E-state index is -3.50. The van der Waals surface area contributed by atoms with Crippen molar-refractivity contribution in [2.75, 3.05) is 0 Å². The highest BCUT2D eigenvalue weighted by Crippen LogP contribution is 2.04. The van der Waals surface area contributed by atoms with Crippen LogP contribution in [0.1, 0.15) is 19.8 Å². The Labute approximate surface area is 60.7 Å². The number of rotatable bonds is 3. The van der Waals surface area contributed by atoms with Gasteiger partial charge in [0.2, 0.25) is 10.0 Å². The summed E-state index contributed by atoms with van der Waals surface area (Å²) in [5, 5.41) is 12.3. The second-order valence-electron chi connectivity index (χ2n) is 1.98. The van der Waals surface area contributed by atoms with Crippen molar-refractivity contribution in [3.8, 4) is 6.07 Å². The number of hydrogen-bond acceptors (Lipinski definition) is 3. The molecule has 58 valence electrons. The van der Waals surface area contributed by atoms with Gasteiger partial charge in [0.25, 0.3) is 0 Å². The molecule has 0 aliphatic rings. The van der Waals surface area contributed by atoms with Gasteiger partial charge in [-0.05, 0) is 6.42 Å². The molecule has 4 nitrogen and oxygen atoms in total. The first-order valence-electron chi connectivity index (χ1n) is 2.91. The van der Waals surface area contributed by atoms with Crippen molar-refractivity contribution in [1.82, 2.24) is 0 Å². The van der Waals surface area contributed by atoms with Gasteiger partial charge in [-0.15, -0.1) is 0 Å². The van der Waals surface area contributed by atoms with Crippen LogP contribution >= 0.6 is 0 Å². The van der Waals surface area contributed by atoms with Crippen LogP contribution in [0.15, 0.2) is 0 Å². The third kappa shape index (κ3) is 2.80. The average Bonchev–Trinajstić information content (AvgIpc) is 1.80. The van der Waals surface area contributed by atoms with Crippen LogP contribution in [0, 0.1) is 11.3 Å². The van der Waals surface area contributed by atoms with Crippen molar-refractivity contribution in [1.29, 1.82) is 5.26 Å². The zero-order valence-corrected chi connectivity index (χ0v) is 6.56. The lowest BCUT2D eigenvalue weighted by atomic mass is 10.3. The van der Waals surface area contributed by atoms with Crippen molar-refractivity contribution in [2.45, 2.75) is 25.0 Å². The molecule has 2 N–H and O–H groups in total. The molecule has 1 atom stereocenters. The zero-order valence-electron chi connectivity index (χ0n) is 5.74. The SMILES string of the molecule is CCC(CC#N)S(N)(=O)=O. The van der Waals surface area contributed by atoms with E-state index in [0.29, 0.717) is 6.42 Å². The molecule has 0 amide bonds. The largest absolute Gasteiger partial charge is 0.228 e. The molecule has 0 saturated carbocycles. The Morgan fingerprint density at radius 3 is 2.30 bits per heavy atom. The van der Waals surface area contributed by atoms with Crippen molar-refractivity contribution < 1.29 is 8.42 Å². The molecular formula is C5H10N2O2S. The van der Waals surface area contributed by atoms with E-state index in [1.54, 1.807) is 13.0 Å². The summed E-state index contributed by atoms with van der Waals surface area (Å²) < 4.78 is 21.2. The summed E-state index contributed by atoms with van der Waals surface area (Å²) in [6, 6.07) is 1.77. The van der Waals surface area contributed by atoms with Crippen LogP contribution in [-0.4, -0.2) is 13.7 Å². The van der Waals surface area contributed by atoms with Gasteiger partial charge in [0.05, 0.1) is 17.7 Å². The van der Waals surface area contributed by atoms with E-state index in [1.807, 2.05) is 0 Å². The summed E-state index contributed by atoms with van der Waals surface area (Å²) in [4.78, 5) is 0. The standard InChI is InChI=1S/C5H10N2O2S/c1-2-5(3-4-6)10(7,8)9/h5H,2-3H2,1H3,(H2,7,8,9). The van der Waals surface area contributed by atoms with E-state index in [0.717, 1.165) is 0 Å². The smallest absolute Gasteiger partial charge is 0.212 e. The van der Waals surface area contributed by atoms with Gasteiger partial charge in [0.15, 0.2) is 0 Å². The normalized spacial score (nSPS) is 14.1. The Morgan fingerprint density at radius 2 is 2.20 bits per heavy atom. The van der Waals surface area contributed by atoms with Crippen molar-refractivity contribution >= 4 is 10.0 Å². The first kappa shape index (κ1) is 9.40. The molecule has 0 aromatic carbocycles.